The highest BCUT2D eigenvalue weighted by Crippen LogP contribution is 2.45. The Balaban J connectivity index is 1.42. The van der Waals surface area contributed by atoms with Crippen LogP contribution in [-0.4, -0.2) is 51.5 Å². The summed E-state index contributed by atoms with van der Waals surface area (Å²) in [5.41, 5.74) is -0.0405. The summed E-state index contributed by atoms with van der Waals surface area (Å²) < 4.78 is 50.9. The van der Waals surface area contributed by atoms with Crippen LogP contribution in [0.2, 0.25) is 0 Å². The summed E-state index contributed by atoms with van der Waals surface area (Å²) in [5, 5.41) is 19.4. The van der Waals surface area contributed by atoms with Gasteiger partial charge < -0.3 is 28.8 Å². The van der Waals surface area contributed by atoms with Crippen LogP contribution < -0.4 is 10.4 Å². The molecule has 10 nitrogen and oxygen atoms in total. The summed E-state index contributed by atoms with van der Waals surface area (Å²) in [7, 11) is 1.50. The number of aliphatic hydroxyl groups is 2. The minimum atomic E-state index is -3.40. The number of hydrogen-bond donors (Lipinski definition) is 2. The number of aliphatic hydroxyl groups excluding tert-OH is 2. The Labute approximate surface area is 197 Å². The molecule has 0 bridgehead atoms. The van der Waals surface area contributed by atoms with Crippen molar-refractivity contribution >= 4 is 16.9 Å². The number of alkyl halides is 2. The number of furan rings is 1. The molecule has 1 saturated heterocycles. The Morgan fingerprint density at radius 1 is 1.29 bits per heavy atom. The fraction of sp³-hybridized carbons (Fsp3) is 0.435. The van der Waals surface area contributed by atoms with Gasteiger partial charge in [0, 0.05) is 17.1 Å². The number of hydrogen-bond acceptors (Lipinski definition) is 9. The number of halogens is 2. The Bertz CT molecular complexity index is 1290. The van der Waals surface area contributed by atoms with Crippen molar-refractivity contribution in [2.75, 3.05) is 13.7 Å². The molecular weight excluding hydrogens is 470 g/mol. The van der Waals surface area contributed by atoms with Gasteiger partial charge in [-0.05, 0) is 24.3 Å². The first-order valence-electron chi connectivity index (χ1n) is 10.8. The lowest BCUT2D eigenvalue weighted by molar-refractivity contribution is -0.144. The zero-order valence-electron chi connectivity index (χ0n) is 18.9. The highest BCUT2D eigenvalue weighted by molar-refractivity contribution is 5.83. The molecule has 0 aliphatic carbocycles. The smallest absolute Gasteiger partial charge is 0.350 e. The predicted octanol–water partition coefficient (Wildman–Crippen LogP) is 1.94. The van der Waals surface area contributed by atoms with Crippen molar-refractivity contribution in [3.8, 4) is 5.75 Å². The number of carbonyl (C=O) groups is 1. The number of carbonyl (C=O) groups excluding carboxylic acids is 1. The number of methoxy groups -OCH3 is 1. The van der Waals surface area contributed by atoms with E-state index >= 15 is 0 Å². The molecule has 1 fully saturated rings. The fourth-order valence-corrected chi connectivity index (χ4v) is 3.93. The first-order chi connectivity index (χ1) is 16.7. The monoisotopic (exact) mass is 494 g/mol. The largest absolute Gasteiger partial charge is 0.497 e. The standard InChI is InChI=1S/C23H24F2N2O8/c1-12-18(10-29)35-21(23(12,24)25)27-4-3-15(26-22(27)31)8-19(30)33-11-17-6-13-5-16(32-2)7-14(9-28)20(13)34-17/h3-7,12,18,21,28-29H,8-11H2,1-2H3/t12-,18-,21-/m1/s1. The number of esters is 1. The van der Waals surface area contributed by atoms with Gasteiger partial charge in [0.2, 0.25) is 6.23 Å². The van der Waals surface area contributed by atoms with Crippen molar-refractivity contribution in [2.24, 2.45) is 5.92 Å². The van der Waals surface area contributed by atoms with Crippen molar-refractivity contribution < 1.29 is 42.4 Å². The molecule has 3 atom stereocenters. The zero-order valence-corrected chi connectivity index (χ0v) is 18.9. The normalized spacial score (nSPS) is 21.4. The molecule has 2 N–H and O–H groups in total. The predicted molar refractivity (Wildman–Crippen MR) is 116 cm³/mol. The van der Waals surface area contributed by atoms with Crippen LogP contribution in [0.15, 0.2) is 39.7 Å². The van der Waals surface area contributed by atoms with Crippen LogP contribution in [0.1, 0.15) is 30.2 Å². The van der Waals surface area contributed by atoms with E-state index in [1.54, 1.807) is 18.2 Å². The maximum absolute atomic E-state index is 14.5. The highest BCUT2D eigenvalue weighted by atomic mass is 19.3. The minimum absolute atomic E-state index is 0.0289. The van der Waals surface area contributed by atoms with Gasteiger partial charge in [0.15, 0.2) is 0 Å². The molecule has 4 rings (SSSR count). The molecule has 0 spiro atoms. The maximum Gasteiger partial charge on any atom is 0.350 e. The van der Waals surface area contributed by atoms with Crippen molar-refractivity contribution in [3.05, 3.63) is 58.0 Å². The number of rotatable bonds is 8. The quantitative estimate of drug-likeness (QED) is 0.451. The average Bonchev–Trinajstić information content (AvgIpc) is 3.35. The minimum Gasteiger partial charge on any atom is -0.497 e. The summed E-state index contributed by atoms with van der Waals surface area (Å²) in [5.74, 6) is -4.55. The summed E-state index contributed by atoms with van der Waals surface area (Å²) >= 11 is 0. The molecule has 2 aromatic heterocycles. The zero-order chi connectivity index (χ0) is 25.3. The first-order valence-corrected chi connectivity index (χ1v) is 10.8. The van der Waals surface area contributed by atoms with E-state index in [0.717, 1.165) is 6.20 Å². The molecule has 1 aliphatic heterocycles. The number of ether oxygens (including phenoxy) is 3. The lowest BCUT2D eigenvalue weighted by Gasteiger charge is -2.21. The summed E-state index contributed by atoms with van der Waals surface area (Å²) in [6.07, 6.45) is -2.33. The van der Waals surface area contributed by atoms with Gasteiger partial charge in [-0.2, -0.15) is 4.98 Å². The van der Waals surface area contributed by atoms with E-state index in [1.165, 1.54) is 20.1 Å². The Kier molecular flexibility index (Phi) is 6.88. The average molecular weight is 494 g/mol. The van der Waals surface area contributed by atoms with E-state index < -0.39 is 42.4 Å². The van der Waals surface area contributed by atoms with Crippen molar-refractivity contribution in [2.45, 2.75) is 44.8 Å². The van der Waals surface area contributed by atoms with Gasteiger partial charge >= 0.3 is 11.7 Å². The third kappa shape index (κ3) is 4.77. The number of fused-ring (bicyclic) bond motifs is 1. The molecule has 12 heteroatoms. The molecule has 3 heterocycles. The van der Waals surface area contributed by atoms with Crippen molar-refractivity contribution in [3.63, 3.8) is 0 Å². The van der Waals surface area contributed by atoms with E-state index in [9.17, 15) is 28.6 Å². The molecule has 1 aromatic carbocycles. The van der Waals surface area contributed by atoms with Gasteiger partial charge in [-0.1, -0.05) is 6.92 Å². The fourth-order valence-electron chi connectivity index (χ4n) is 3.93. The molecular formula is C23H24F2N2O8. The topological polar surface area (TPSA) is 133 Å². The summed E-state index contributed by atoms with van der Waals surface area (Å²) in [4.78, 5) is 28.3. The molecule has 0 radical (unpaired) electrons. The number of nitrogens with zero attached hydrogens (tertiary/aromatic N) is 2. The molecule has 35 heavy (non-hydrogen) atoms. The molecule has 1 aliphatic rings. The van der Waals surface area contributed by atoms with Gasteiger partial charge in [-0.25, -0.2) is 13.6 Å². The third-order valence-electron chi connectivity index (χ3n) is 5.94. The third-order valence-corrected chi connectivity index (χ3v) is 5.94. The second kappa shape index (κ2) is 9.72. The van der Waals surface area contributed by atoms with Crippen LogP contribution in [0.25, 0.3) is 11.0 Å². The van der Waals surface area contributed by atoms with E-state index in [-0.39, 0.29) is 25.3 Å². The SMILES string of the molecule is COc1cc(CO)c2oc(COC(=O)Cc3ccn([C@@H]4O[C@H](CO)[C@@H](C)C4(F)F)c(=O)n3)cc2c1. The molecule has 3 aromatic rings. The van der Waals surface area contributed by atoms with Gasteiger partial charge in [0.1, 0.15) is 23.7 Å². The maximum atomic E-state index is 14.5. The molecule has 0 unspecified atom stereocenters. The molecule has 0 amide bonds. The second-order valence-corrected chi connectivity index (χ2v) is 8.19. The Morgan fingerprint density at radius 3 is 2.69 bits per heavy atom. The van der Waals surface area contributed by atoms with Crippen LogP contribution in [0.3, 0.4) is 0 Å². The Hall–Kier alpha value is -3.35. The number of benzene rings is 1. The van der Waals surface area contributed by atoms with Gasteiger partial charge in [-0.15, -0.1) is 0 Å². The van der Waals surface area contributed by atoms with Crippen LogP contribution in [0.4, 0.5) is 8.78 Å². The van der Waals surface area contributed by atoms with Crippen molar-refractivity contribution in [1.29, 1.82) is 0 Å². The van der Waals surface area contributed by atoms with E-state index in [0.29, 0.717) is 32.6 Å². The number of aromatic nitrogens is 2. The van der Waals surface area contributed by atoms with Gasteiger partial charge in [0.05, 0.1) is 44.5 Å². The second-order valence-electron chi connectivity index (χ2n) is 8.19. The van der Waals surface area contributed by atoms with Gasteiger partial charge in [0.25, 0.3) is 5.92 Å². The summed E-state index contributed by atoms with van der Waals surface area (Å²) in [6, 6.07) is 6.24. The van der Waals surface area contributed by atoms with Crippen LogP contribution in [-0.2, 0) is 33.9 Å². The lowest BCUT2D eigenvalue weighted by Crippen LogP contribution is -2.38. The van der Waals surface area contributed by atoms with E-state index in [4.69, 9.17) is 18.6 Å². The summed E-state index contributed by atoms with van der Waals surface area (Å²) in [6.45, 7) is 0.141. The molecule has 0 saturated carbocycles. The van der Waals surface area contributed by atoms with E-state index in [2.05, 4.69) is 4.98 Å². The lowest BCUT2D eigenvalue weighted by atomic mass is 10.00. The first kappa shape index (κ1) is 24.8. The van der Waals surface area contributed by atoms with Crippen LogP contribution >= 0.6 is 0 Å². The Morgan fingerprint density at radius 2 is 2.06 bits per heavy atom. The molecule has 188 valence electrons. The van der Waals surface area contributed by atoms with Gasteiger partial charge in [-0.3, -0.25) is 9.36 Å². The van der Waals surface area contributed by atoms with E-state index in [1.807, 2.05) is 0 Å². The van der Waals surface area contributed by atoms with Crippen molar-refractivity contribution in [1.82, 2.24) is 9.55 Å². The van der Waals surface area contributed by atoms with Crippen LogP contribution in [0, 0.1) is 5.92 Å². The van der Waals surface area contributed by atoms with Crippen LogP contribution in [0.5, 0.6) is 5.75 Å². The highest BCUT2D eigenvalue weighted by Gasteiger charge is 2.57.